The number of hydrogen-bond donors (Lipinski definition) is 3. The number of fused-ring (bicyclic) bond motifs is 1. The van der Waals surface area contributed by atoms with Crippen LogP contribution in [0, 0.1) is 0 Å². The van der Waals surface area contributed by atoms with Crippen molar-refractivity contribution in [2.75, 3.05) is 13.9 Å². The zero-order chi connectivity index (χ0) is 29.1. The number of aromatic nitrogens is 2. The number of benzene rings is 3. The van der Waals surface area contributed by atoms with Crippen molar-refractivity contribution in [1.29, 1.82) is 0 Å². The first-order valence-corrected chi connectivity index (χ1v) is 13.0. The van der Waals surface area contributed by atoms with Gasteiger partial charge in [-0.15, -0.1) is 0 Å². The molecule has 1 aromatic heterocycles. The number of hydrogen-bond acceptors (Lipinski definition) is 9. The van der Waals surface area contributed by atoms with Crippen LogP contribution in [0.15, 0.2) is 84.4 Å². The predicted octanol–water partition coefficient (Wildman–Crippen LogP) is 3.71. The lowest BCUT2D eigenvalue weighted by Crippen LogP contribution is -2.47. The molecule has 0 fully saturated rings. The Morgan fingerprint density at radius 3 is 2.69 bits per heavy atom. The van der Waals surface area contributed by atoms with E-state index in [1.54, 1.807) is 24.4 Å². The molecule has 5 rings (SSSR count). The summed E-state index contributed by atoms with van der Waals surface area (Å²) in [5.74, 6) is 1.88. The molecule has 0 radical (unpaired) electrons. The molecule has 0 unspecified atom stereocenters. The molecule has 0 aliphatic carbocycles. The number of carbonyl (C=O) groups excluding carboxylic acids is 2. The van der Waals surface area contributed by atoms with Crippen molar-refractivity contribution in [2.45, 2.75) is 25.7 Å². The number of nitrogens with zero attached hydrogens (tertiary/aromatic N) is 2. The molecule has 1 aliphatic heterocycles. The van der Waals surface area contributed by atoms with Gasteiger partial charge in [-0.05, 0) is 47.0 Å². The van der Waals surface area contributed by atoms with Gasteiger partial charge in [0.05, 0.1) is 19.7 Å². The highest BCUT2D eigenvalue weighted by molar-refractivity contribution is 5.87. The van der Waals surface area contributed by atoms with Crippen molar-refractivity contribution in [2.24, 2.45) is 5.10 Å². The Morgan fingerprint density at radius 2 is 1.88 bits per heavy atom. The van der Waals surface area contributed by atoms with Crippen molar-refractivity contribution < 1.29 is 33.3 Å². The number of imidazole rings is 1. The van der Waals surface area contributed by atoms with Gasteiger partial charge in [0.2, 0.25) is 6.79 Å². The third kappa shape index (κ3) is 7.56. The fraction of sp³-hybridized carbons (Fsp3) is 0.200. The first-order valence-electron chi connectivity index (χ1n) is 13.0. The van der Waals surface area contributed by atoms with Gasteiger partial charge < -0.3 is 34.0 Å². The quantitative estimate of drug-likeness (QED) is 0.172. The largest absolute Gasteiger partial charge is 0.493 e. The van der Waals surface area contributed by atoms with Crippen LogP contribution >= 0.6 is 0 Å². The number of ether oxygens (including phenoxy) is 5. The maximum absolute atomic E-state index is 12.9. The standard InChI is InChI=1S/C30H29N5O7/c1-38-27-11-21(7-9-25(27)39-17-22-8-10-26-28(12-22)42-19-41-26)14-33-35-29(36)24(13-23-15-31-18-32-23)34-30(37)40-16-20-5-3-2-4-6-20/h2-12,14-15,18,24H,13,16-17,19H2,1H3,(H,31,32)(H,34,37)(H,35,36)/b33-14-/t24-/m0/s1. The Hall–Kier alpha value is -5.52. The van der Waals surface area contributed by atoms with Crippen LogP contribution in [-0.2, 0) is 29.2 Å². The van der Waals surface area contributed by atoms with Gasteiger partial charge >= 0.3 is 6.09 Å². The molecule has 12 nitrogen and oxygen atoms in total. The highest BCUT2D eigenvalue weighted by atomic mass is 16.7. The van der Waals surface area contributed by atoms with Gasteiger partial charge in [-0.1, -0.05) is 36.4 Å². The number of methoxy groups -OCH3 is 1. The Labute approximate surface area is 241 Å². The van der Waals surface area contributed by atoms with Crippen LogP contribution in [0.4, 0.5) is 4.79 Å². The van der Waals surface area contributed by atoms with E-state index < -0.39 is 18.0 Å². The van der Waals surface area contributed by atoms with Crippen molar-refractivity contribution in [1.82, 2.24) is 20.7 Å². The van der Waals surface area contributed by atoms with Gasteiger partial charge in [0.1, 0.15) is 19.3 Å². The van der Waals surface area contributed by atoms with E-state index in [4.69, 9.17) is 23.7 Å². The molecule has 0 spiro atoms. The Morgan fingerprint density at radius 1 is 1.02 bits per heavy atom. The van der Waals surface area contributed by atoms with Crippen LogP contribution < -0.4 is 29.7 Å². The molecule has 0 bridgehead atoms. The van der Waals surface area contributed by atoms with E-state index in [-0.39, 0.29) is 19.8 Å². The maximum atomic E-state index is 12.9. The molecule has 42 heavy (non-hydrogen) atoms. The maximum Gasteiger partial charge on any atom is 0.408 e. The first kappa shape index (κ1) is 28.0. The number of carbonyl (C=O) groups is 2. The fourth-order valence-electron chi connectivity index (χ4n) is 4.06. The summed E-state index contributed by atoms with van der Waals surface area (Å²) < 4.78 is 27.5. The number of amides is 2. The number of aromatic amines is 1. The molecule has 4 aromatic rings. The van der Waals surface area contributed by atoms with Gasteiger partial charge in [0, 0.05) is 18.3 Å². The van der Waals surface area contributed by atoms with Crippen molar-refractivity contribution in [3.05, 3.63) is 102 Å². The Kier molecular flexibility index (Phi) is 9.14. The topological polar surface area (TPSA) is 145 Å². The van der Waals surface area contributed by atoms with E-state index in [0.717, 1.165) is 11.1 Å². The summed E-state index contributed by atoms with van der Waals surface area (Å²) in [6, 6.07) is 19.1. The second kappa shape index (κ2) is 13.7. The summed E-state index contributed by atoms with van der Waals surface area (Å²) in [4.78, 5) is 32.3. The molecule has 12 heteroatoms. The molecule has 1 aliphatic rings. The fourth-order valence-corrected chi connectivity index (χ4v) is 4.06. The van der Waals surface area contributed by atoms with E-state index in [9.17, 15) is 9.59 Å². The average molecular weight is 572 g/mol. The third-order valence-corrected chi connectivity index (χ3v) is 6.21. The van der Waals surface area contributed by atoms with Gasteiger partial charge in [0.15, 0.2) is 23.0 Å². The van der Waals surface area contributed by atoms with Crippen molar-refractivity contribution in [3.63, 3.8) is 0 Å². The van der Waals surface area contributed by atoms with E-state index in [1.807, 2.05) is 48.5 Å². The van der Waals surface area contributed by atoms with Crippen LogP contribution in [0.5, 0.6) is 23.0 Å². The van der Waals surface area contributed by atoms with Gasteiger partial charge in [-0.3, -0.25) is 4.79 Å². The molecule has 0 saturated heterocycles. The second-order valence-electron chi connectivity index (χ2n) is 9.16. The van der Waals surface area contributed by atoms with Crippen molar-refractivity contribution in [3.8, 4) is 23.0 Å². The number of hydrazone groups is 1. The minimum atomic E-state index is -0.965. The van der Waals surface area contributed by atoms with Crippen LogP contribution in [0.1, 0.15) is 22.4 Å². The van der Waals surface area contributed by atoms with E-state index in [1.165, 1.54) is 19.7 Å². The van der Waals surface area contributed by atoms with Crippen LogP contribution in [0.2, 0.25) is 0 Å². The van der Waals surface area contributed by atoms with Gasteiger partial charge in [-0.25, -0.2) is 15.2 Å². The van der Waals surface area contributed by atoms with Crippen LogP contribution in [0.25, 0.3) is 0 Å². The molecule has 216 valence electrons. The SMILES string of the molecule is COc1cc(/C=N\NC(=O)[C@H](Cc2cnc[nH]2)NC(=O)OCc2ccccc2)ccc1OCc1ccc2c(c1)OCO2. The van der Waals surface area contributed by atoms with Gasteiger partial charge in [-0.2, -0.15) is 5.10 Å². The summed E-state index contributed by atoms with van der Waals surface area (Å²) >= 11 is 0. The number of alkyl carbamates (subject to hydrolysis) is 1. The number of nitrogens with one attached hydrogen (secondary N) is 3. The summed E-state index contributed by atoms with van der Waals surface area (Å²) in [5.41, 5.74) is 5.52. The minimum Gasteiger partial charge on any atom is -0.493 e. The summed E-state index contributed by atoms with van der Waals surface area (Å²) in [7, 11) is 1.54. The number of H-pyrrole nitrogens is 1. The van der Waals surface area contributed by atoms with Crippen LogP contribution in [-0.4, -0.2) is 48.1 Å². The molecule has 2 amide bonds. The van der Waals surface area contributed by atoms with E-state index >= 15 is 0 Å². The lowest BCUT2D eigenvalue weighted by molar-refractivity contribution is -0.123. The molecule has 2 heterocycles. The van der Waals surface area contributed by atoms with Crippen LogP contribution in [0.3, 0.4) is 0 Å². The molecular formula is C30H29N5O7. The zero-order valence-corrected chi connectivity index (χ0v) is 22.7. The smallest absolute Gasteiger partial charge is 0.408 e. The molecule has 3 N–H and O–H groups in total. The Bertz CT molecular complexity index is 1530. The second-order valence-corrected chi connectivity index (χ2v) is 9.16. The first-order chi connectivity index (χ1) is 20.6. The average Bonchev–Trinajstić information content (AvgIpc) is 3.71. The summed E-state index contributed by atoms with van der Waals surface area (Å²) in [5, 5.41) is 6.65. The monoisotopic (exact) mass is 571 g/mol. The molecule has 3 aromatic carbocycles. The summed E-state index contributed by atoms with van der Waals surface area (Å²) in [6.07, 6.45) is 3.95. The van der Waals surface area contributed by atoms with Crippen molar-refractivity contribution >= 4 is 18.2 Å². The molecule has 1 atom stereocenters. The van der Waals surface area contributed by atoms with Gasteiger partial charge in [0.25, 0.3) is 5.91 Å². The zero-order valence-electron chi connectivity index (χ0n) is 22.7. The highest BCUT2D eigenvalue weighted by Crippen LogP contribution is 2.33. The molecule has 0 saturated carbocycles. The normalized spacial score (nSPS) is 12.5. The lowest BCUT2D eigenvalue weighted by Gasteiger charge is -2.16. The molecular weight excluding hydrogens is 542 g/mol. The highest BCUT2D eigenvalue weighted by Gasteiger charge is 2.22. The van der Waals surface area contributed by atoms with E-state index in [0.29, 0.717) is 40.9 Å². The third-order valence-electron chi connectivity index (χ3n) is 6.21. The number of rotatable bonds is 12. The van der Waals surface area contributed by atoms with E-state index in [2.05, 4.69) is 25.8 Å². The predicted molar refractivity (Wildman–Crippen MR) is 151 cm³/mol. The Balaban J connectivity index is 1.17. The lowest BCUT2D eigenvalue weighted by atomic mass is 10.1. The summed E-state index contributed by atoms with van der Waals surface area (Å²) in [6.45, 7) is 0.579. The minimum absolute atomic E-state index is 0.0709.